The number of benzene rings is 1. The fourth-order valence-corrected chi connectivity index (χ4v) is 2.68. The lowest BCUT2D eigenvalue weighted by atomic mass is 10.2. The van der Waals surface area contributed by atoms with Crippen LogP contribution in [0.4, 0.5) is 11.5 Å². The number of aromatic carboxylic acids is 1. The van der Waals surface area contributed by atoms with Crippen LogP contribution < -0.4 is 5.32 Å². The summed E-state index contributed by atoms with van der Waals surface area (Å²) in [6.45, 7) is 6.19. The number of nitrogens with one attached hydrogen (secondary N) is 1. The number of nitrogens with zero attached hydrogens (tertiary/aromatic N) is 2. The van der Waals surface area contributed by atoms with E-state index in [-0.39, 0.29) is 5.56 Å². The smallest absolute Gasteiger partial charge is 0.337 e. The summed E-state index contributed by atoms with van der Waals surface area (Å²) >= 11 is 1.60. The minimum absolute atomic E-state index is 0.218. The molecule has 0 spiro atoms. The number of thioether (sulfide) groups is 1. The highest BCUT2D eigenvalue weighted by Crippen LogP contribution is 2.23. The molecule has 0 saturated heterocycles. The molecule has 0 aliphatic heterocycles. The number of hydrogen-bond acceptors (Lipinski definition) is 5. The molecule has 0 unspecified atom stereocenters. The van der Waals surface area contributed by atoms with Crippen molar-refractivity contribution in [3.05, 3.63) is 41.6 Å². The third-order valence-electron chi connectivity index (χ3n) is 2.80. The predicted octanol–water partition coefficient (Wildman–Crippen LogP) is 3.97. The number of anilines is 2. The zero-order valence-electron chi connectivity index (χ0n) is 12.8. The van der Waals surface area contributed by atoms with Gasteiger partial charge < -0.3 is 10.4 Å². The van der Waals surface area contributed by atoms with Gasteiger partial charge in [0.15, 0.2) is 5.16 Å². The fourth-order valence-electron chi connectivity index (χ4n) is 1.83. The van der Waals surface area contributed by atoms with Crippen molar-refractivity contribution >= 4 is 29.2 Å². The maximum absolute atomic E-state index is 11.2. The molecule has 2 rings (SSSR count). The molecule has 0 fully saturated rings. The SMILES string of the molecule is Cc1cc(Nc2ccccc2C(=O)O)nc(SCC(C)C)n1. The first-order valence-corrected chi connectivity index (χ1v) is 8.02. The minimum Gasteiger partial charge on any atom is -0.478 e. The van der Waals surface area contributed by atoms with Crippen molar-refractivity contribution in [3.63, 3.8) is 0 Å². The van der Waals surface area contributed by atoms with Crippen LogP contribution in [0.25, 0.3) is 0 Å². The topological polar surface area (TPSA) is 75.1 Å². The normalized spacial score (nSPS) is 10.7. The lowest BCUT2D eigenvalue weighted by Crippen LogP contribution is -2.05. The van der Waals surface area contributed by atoms with Gasteiger partial charge in [0, 0.05) is 17.5 Å². The highest BCUT2D eigenvalue weighted by molar-refractivity contribution is 7.99. The van der Waals surface area contributed by atoms with Crippen LogP contribution >= 0.6 is 11.8 Å². The molecule has 0 amide bonds. The monoisotopic (exact) mass is 317 g/mol. The highest BCUT2D eigenvalue weighted by atomic mass is 32.2. The number of aromatic nitrogens is 2. The standard InChI is InChI=1S/C16H19N3O2S/c1-10(2)9-22-16-17-11(3)8-14(19-16)18-13-7-5-4-6-12(13)15(20)21/h4-8,10H,9H2,1-3H3,(H,20,21)(H,17,18,19). The van der Waals surface area contributed by atoms with Crippen LogP contribution in [0.1, 0.15) is 29.9 Å². The Kier molecular flexibility index (Phi) is 5.38. The van der Waals surface area contributed by atoms with Gasteiger partial charge in [0.05, 0.1) is 11.3 Å². The van der Waals surface area contributed by atoms with Crippen LogP contribution in [0.3, 0.4) is 0 Å². The number of carbonyl (C=O) groups is 1. The van der Waals surface area contributed by atoms with E-state index in [0.717, 1.165) is 11.4 Å². The second-order valence-corrected chi connectivity index (χ2v) is 6.34. The molecule has 1 heterocycles. The first kappa shape index (κ1) is 16.3. The largest absolute Gasteiger partial charge is 0.478 e. The summed E-state index contributed by atoms with van der Waals surface area (Å²) < 4.78 is 0. The van der Waals surface area contributed by atoms with Gasteiger partial charge in [0.1, 0.15) is 5.82 Å². The maximum atomic E-state index is 11.2. The van der Waals surface area contributed by atoms with Crippen LogP contribution in [0.15, 0.2) is 35.5 Å². The zero-order chi connectivity index (χ0) is 16.1. The summed E-state index contributed by atoms with van der Waals surface area (Å²) in [6.07, 6.45) is 0. The Hall–Kier alpha value is -2.08. The molecule has 116 valence electrons. The van der Waals surface area contributed by atoms with E-state index in [1.54, 1.807) is 42.1 Å². The number of rotatable bonds is 6. The zero-order valence-corrected chi connectivity index (χ0v) is 13.6. The first-order chi connectivity index (χ1) is 10.5. The molecule has 6 heteroatoms. The molecular weight excluding hydrogens is 298 g/mol. The van der Waals surface area contributed by atoms with Crippen LogP contribution in [-0.2, 0) is 0 Å². The Bertz CT molecular complexity index is 674. The van der Waals surface area contributed by atoms with Gasteiger partial charge in [0.2, 0.25) is 0 Å². The molecule has 0 saturated carbocycles. The van der Waals surface area contributed by atoms with Crippen molar-refractivity contribution in [2.24, 2.45) is 5.92 Å². The van der Waals surface area contributed by atoms with Crippen molar-refractivity contribution < 1.29 is 9.90 Å². The average Bonchev–Trinajstić information content (AvgIpc) is 2.45. The molecule has 0 bridgehead atoms. The summed E-state index contributed by atoms with van der Waals surface area (Å²) in [5, 5.41) is 13.0. The summed E-state index contributed by atoms with van der Waals surface area (Å²) in [5.41, 5.74) is 1.58. The summed E-state index contributed by atoms with van der Waals surface area (Å²) in [5.74, 6) is 1.13. The van der Waals surface area contributed by atoms with Crippen molar-refractivity contribution in [2.75, 3.05) is 11.1 Å². The van der Waals surface area contributed by atoms with Crippen molar-refractivity contribution in [1.29, 1.82) is 0 Å². The van der Waals surface area contributed by atoms with Gasteiger partial charge in [0.25, 0.3) is 0 Å². The Labute approximate surface area is 134 Å². The Morgan fingerprint density at radius 2 is 2.05 bits per heavy atom. The molecule has 22 heavy (non-hydrogen) atoms. The van der Waals surface area contributed by atoms with Gasteiger partial charge in [-0.2, -0.15) is 0 Å². The molecule has 5 nitrogen and oxygen atoms in total. The van der Waals surface area contributed by atoms with Gasteiger partial charge in [-0.3, -0.25) is 0 Å². The molecule has 2 N–H and O–H groups in total. The van der Waals surface area contributed by atoms with E-state index in [9.17, 15) is 9.90 Å². The Balaban J connectivity index is 2.24. The summed E-state index contributed by atoms with van der Waals surface area (Å²) in [4.78, 5) is 20.1. The van der Waals surface area contributed by atoms with E-state index in [1.807, 2.05) is 6.92 Å². The van der Waals surface area contributed by atoms with Crippen LogP contribution in [0.5, 0.6) is 0 Å². The lowest BCUT2D eigenvalue weighted by molar-refractivity contribution is 0.0698. The number of para-hydroxylation sites is 1. The Morgan fingerprint density at radius 3 is 2.73 bits per heavy atom. The van der Waals surface area contributed by atoms with E-state index >= 15 is 0 Å². The second-order valence-electron chi connectivity index (χ2n) is 5.36. The maximum Gasteiger partial charge on any atom is 0.337 e. The first-order valence-electron chi connectivity index (χ1n) is 7.03. The fraction of sp³-hybridized carbons (Fsp3) is 0.312. The molecule has 0 atom stereocenters. The second kappa shape index (κ2) is 7.26. The number of aryl methyl sites for hydroxylation is 1. The van der Waals surface area contributed by atoms with E-state index < -0.39 is 5.97 Å². The average molecular weight is 317 g/mol. The third-order valence-corrected chi connectivity index (χ3v) is 4.07. The van der Waals surface area contributed by atoms with Crippen molar-refractivity contribution in [2.45, 2.75) is 25.9 Å². The van der Waals surface area contributed by atoms with Gasteiger partial charge in [-0.25, -0.2) is 14.8 Å². The van der Waals surface area contributed by atoms with E-state index in [1.165, 1.54) is 0 Å². The molecule has 1 aromatic heterocycles. The quantitative estimate of drug-likeness (QED) is 0.620. The number of carboxylic acids is 1. The molecule has 2 aromatic rings. The minimum atomic E-state index is -0.969. The van der Waals surface area contributed by atoms with Crippen molar-refractivity contribution in [3.8, 4) is 0 Å². The summed E-state index contributed by atoms with van der Waals surface area (Å²) in [6, 6.07) is 8.58. The number of carboxylic acid groups (broad SMARTS) is 1. The molecule has 0 aliphatic rings. The van der Waals surface area contributed by atoms with Gasteiger partial charge >= 0.3 is 5.97 Å². The predicted molar refractivity (Wildman–Crippen MR) is 89.0 cm³/mol. The van der Waals surface area contributed by atoms with E-state index in [2.05, 4.69) is 29.1 Å². The van der Waals surface area contributed by atoms with Crippen LogP contribution in [0, 0.1) is 12.8 Å². The Morgan fingerprint density at radius 1 is 1.32 bits per heavy atom. The molecule has 1 aromatic carbocycles. The van der Waals surface area contributed by atoms with Crippen LogP contribution in [-0.4, -0.2) is 26.8 Å². The van der Waals surface area contributed by atoms with E-state index in [0.29, 0.717) is 22.6 Å². The molecule has 0 radical (unpaired) electrons. The van der Waals surface area contributed by atoms with E-state index in [4.69, 9.17) is 0 Å². The van der Waals surface area contributed by atoms with Gasteiger partial charge in [-0.05, 0) is 25.0 Å². The van der Waals surface area contributed by atoms with Gasteiger partial charge in [-0.1, -0.05) is 37.7 Å². The van der Waals surface area contributed by atoms with Gasteiger partial charge in [-0.15, -0.1) is 0 Å². The summed E-state index contributed by atoms with van der Waals surface area (Å²) in [7, 11) is 0. The third kappa shape index (κ3) is 4.46. The van der Waals surface area contributed by atoms with Crippen molar-refractivity contribution in [1.82, 2.24) is 9.97 Å². The molecular formula is C16H19N3O2S. The highest BCUT2D eigenvalue weighted by Gasteiger charge is 2.11. The molecule has 0 aliphatic carbocycles. The number of hydrogen-bond donors (Lipinski definition) is 2. The van der Waals surface area contributed by atoms with Crippen LogP contribution in [0.2, 0.25) is 0 Å². The lowest BCUT2D eigenvalue weighted by Gasteiger charge is -2.11.